The van der Waals surface area contributed by atoms with Gasteiger partial charge >= 0.3 is 0 Å². The highest BCUT2D eigenvalue weighted by atomic mass is 15.3. The topological polar surface area (TPSA) is 29.9 Å². The number of hydrogen-bond donors (Lipinski definition) is 1. The molecule has 16 heavy (non-hydrogen) atoms. The van der Waals surface area contributed by atoms with Crippen LogP contribution in [0.1, 0.15) is 51.8 Å². The van der Waals surface area contributed by atoms with E-state index >= 15 is 0 Å². The first-order valence-electron chi connectivity index (χ1n) is 6.36. The lowest BCUT2D eigenvalue weighted by atomic mass is 10.0. The zero-order valence-electron chi connectivity index (χ0n) is 11.0. The molecule has 92 valence electrons. The molecular formula is C13H25N3. The minimum absolute atomic E-state index is 0.421. The van der Waals surface area contributed by atoms with Crippen molar-refractivity contribution in [2.75, 3.05) is 6.54 Å². The molecule has 1 atom stereocenters. The second-order valence-electron chi connectivity index (χ2n) is 4.85. The monoisotopic (exact) mass is 223 g/mol. The Morgan fingerprint density at radius 1 is 1.38 bits per heavy atom. The summed E-state index contributed by atoms with van der Waals surface area (Å²) in [4.78, 5) is 0. The van der Waals surface area contributed by atoms with Gasteiger partial charge in [-0.25, -0.2) is 0 Å². The third kappa shape index (κ3) is 4.35. The first-order chi connectivity index (χ1) is 7.63. The fourth-order valence-corrected chi connectivity index (χ4v) is 1.95. The Morgan fingerprint density at radius 2 is 2.12 bits per heavy atom. The van der Waals surface area contributed by atoms with Crippen molar-refractivity contribution in [3.8, 4) is 0 Å². The van der Waals surface area contributed by atoms with Crippen LogP contribution >= 0.6 is 0 Å². The molecule has 0 aliphatic carbocycles. The minimum Gasteiger partial charge on any atom is -0.309 e. The van der Waals surface area contributed by atoms with Crippen LogP contribution < -0.4 is 5.32 Å². The van der Waals surface area contributed by atoms with Gasteiger partial charge in [0.1, 0.15) is 0 Å². The molecule has 0 saturated carbocycles. The maximum atomic E-state index is 4.48. The molecule has 3 heteroatoms. The molecule has 0 aliphatic rings. The number of aromatic nitrogens is 2. The Hall–Kier alpha value is -0.830. The first-order valence-corrected chi connectivity index (χ1v) is 6.36. The van der Waals surface area contributed by atoms with Gasteiger partial charge in [-0.1, -0.05) is 33.6 Å². The zero-order valence-corrected chi connectivity index (χ0v) is 11.0. The summed E-state index contributed by atoms with van der Waals surface area (Å²) in [6.45, 7) is 7.72. The maximum Gasteiger partial charge on any atom is 0.0793 e. The predicted molar refractivity (Wildman–Crippen MR) is 68.3 cm³/mol. The number of aryl methyl sites for hydroxylation is 1. The summed E-state index contributed by atoms with van der Waals surface area (Å²) >= 11 is 0. The second kappa shape index (κ2) is 6.69. The Kier molecular flexibility index (Phi) is 5.53. The highest BCUT2D eigenvalue weighted by molar-refractivity contribution is 5.05. The van der Waals surface area contributed by atoms with Crippen molar-refractivity contribution in [1.29, 1.82) is 0 Å². The van der Waals surface area contributed by atoms with Crippen molar-refractivity contribution in [2.24, 2.45) is 13.0 Å². The van der Waals surface area contributed by atoms with Crippen LogP contribution in [0.2, 0.25) is 0 Å². The van der Waals surface area contributed by atoms with Gasteiger partial charge in [-0.05, 0) is 24.9 Å². The van der Waals surface area contributed by atoms with Gasteiger partial charge in [0.2, 0.25) is 0 Å². The summed E-state index contributed by atoms with van der Waals surface area (Å²) in [6, 6.07) is 2.54. The van der Waals surface area contributed by atoms with Crippen molar-refractivity contribution >= 4 is 0 Å². The van der Waals surface area contributed by atoms with Gasteiger partial charge in [0, 0.05) is 13.2 Å². The molecule has 1 unspecified atom stereocenters. The van der Waals surface area contributed by atoms with E-state index in [9.17, 15) is 0 Å². The first kappa shape index (κ1) is 13.2. The van der Waals surface area contributed by atoms with Crippen molar-refractivity contribution < 1.29 is 0 Å². The van der Waals surface area contributed by atoms with Gasteiger partial charge in [-0.2, -0.15) is 5.10 Å². The van der Waals surface area contributed by atoms with Crippen LogP contribution in [0.15, 0.2) is 12.3 Å². The van der Waals surface area contributed by atoms with Gasteiger partial charge in [-0.15, -0.1) is 0 Å². The molecule has 1 heterocycles. The zero-order chi connectivity index (χ0) is 12.0. The molecule has 1 N–H and O–H groups in total. The summed E-state index contributed by atoms with van der Waals surface area (Å²) in [6.07, 6.45) is 5.77. The number of nitrogens with one attached hydrogen (secondary N) is 1. The third-order valence-corrected chi connectivity index (χ3v) is 2.82. The minimum atomic E-state index is 0.421. The van der Waals surface area contributed by atoms with Crippen molar-refractivity contribution in [3.05, 3.63) is 18.0 Å². The molecule has 0 spiro atoms. The predicted octanol–water partition coefficient (Wildman–Crippen LogP) is 2.90. The molecule has 1 aromatic heterocycles. The molecule has 3 nitrogen and oxygen atoms in total. The summed E-state index contributed by atoms with van der Waals surface area (Å²) in [5.74, 6) is 0.797. The Bertz CT molecular complexity index is 291. The van der Waals surface area contributed by atoms with Crippen LogP contribution in [0, 0.1) is 5.92 Å². The highest BCUT2D eigenvalue weighted by Crippen LogP contribution is 2.19. The number of rotatable bonds is 7. The number of nitrogens with zero attached hydrogens (tertiary/aromatic N) is 2. The third-order valence-electron chi connectivity index (χ3n) is 2.82. The van der Waals surface area contributed by atoms with Gasteiger partial charge in [0.25, 0.3) is 0 Å². The van der Waals surface area contributed by atoms with E-state index in [1.807, 2.05) is 17.9 Å². The largest absolute Gasteiger partial charge is 0.309 e. The van der Waals surface area contributed by atoms with Gasteiger partial charge in [0.05, 0.1) is 11.7 Å². The Labute approximate surface area is 99.2 Å². The van der Waals surface area contributed by atoms with Crippen LogP contribution in [0.4, 0.5) is 0 Å². The van der Waals surface area contributed by atoms with E-state index in [1.165, 1.54) is 25.0 Å². The van der Waals surface area contributed by atoms with E-state index in [4.69, 9.17) is 0 Å². The van der Waals surface area contributed by atoms with Crippen molar-refractivity contribution in [1.82, 2.24) is 15.1 Å². The highest BCUT2D eigenvalue weighted by Gasteiger charge is 2.12. The van der Waals surface area contributed by atoms with Crippen LogP contribution in [0.25, 0.3) is 0 Å². The second-order valence-corrected chi connectivity index (χ2v) is 4.85. The number of hydrogen-bond acceptors (Lipinski definition) is 2. The summed E-state index contributed by atoms with van der Waals surface area (Å²) in [7, 11) is 1.97. The van der Waals surface area contributed by atoms with Crippen LogP contribution in [-0.2, 0) is 7.05 Å². The molecule has 1 rings (SSSR count). The summed E-state index contributed by atoms with van der Waals surface area (Å²) in [5.41, 5.74) is 1.17. The van der Waals surface area contributed by atoms with E-state index in [-0.39, 0.29) is 0 Å². The van der Waals surface area contributed by atoms with Crippen LogP contribution in [0.5, 0.6) is 0 Å². The average Bonchev–Trinajstić information content (AvgIpc) is 2.63. The molecule has 0 saturated heterocycles. The summed E-state index contributed by atoms with van der Waals surface area (Å²) < 4.78 is 1.88. The van der Waals surface area contributed by atoms with Gasteiger partial charge < -0.3 is 5.32 Å². The maximum absolute atomic E-state index is 4.48. The smallest absolute Gasteiger partial charge is 0.0793 e. The quantitative estimate of drug-likeness (QED) is 0.770. The molecule has 0 amide bonds. The fourth-order valence-electron chi connectivity index (χ4n) is 1.95. The van der Waals surface area contributed by atoms with Crippen molar-refractivity contribution in [2.45, 2.75) is 46.1 Å². The van der Waals surface area contributed by atoms with E-state index in [0.29, 0.717) is 6.04 Å². The van der Waals surface area contributed by atoms with E-state index in [1.54, 1.807) is 0 Å². The normalized spacial score (nSPS) is 13.3. The van der Waals surface area contributed by atoms with Crippen LogP contribution in [0.3, 0.4) is 0 Å². The van der Waals surface area contributed by atoms with E-state index in [2.05, 4.69) is 37.3 Å². The Balaban J connectivity index is 2.47. The molecule has 0 fully saturated rings. The van der Waals surface area contributed by atoms with Gasteiger partial charge in [0.15, 0.2) is 0 Å². The molecule has 0 bridgehead atoms. The standard InChI is InChI=1S/C13H25N3/c1-5-14-12(8-6-7-11(2)3)13-9-10-16(4)15-13/h9-12,14H,5-8H2,1-4H3. The van der Waals surface area contributed by atoms with Crippen molar-refractivity contribution in [3.63, 3.8) is 0 Å². The Morgan fingerprint density at radius 3 is 2.62 bits per heavy atom. The van der Waals surface area contributed by atoms with Gasteiger partial charge in [-0.3, -0.25) is 4.68 Å². The van der Waals surface area contributed by atoms with Crippen LogP contribution in [-0.4, -0.2) is 16.3 Å². The average molecular weight is 223 g/mol. The fraction of sp³-hybridized carbons (Fsp3) is 0.769. The molecule has 0 aromatic carbocycles. The lowest BCUT2D eigenvalue weighted by molar-refractivity contribution is 0.445. The summed E-state index contributed by atoms with van der Waals surface area (Å²) in [5, 5.41) is 7.99. The molecular weight excluding hydrogens is 198 g/mol. The lowest BCUT2D eigenvalue weighted by Gasteiger charge is -2.16. The molecule has 1 aromatic rings. The lowest BCUT2D eigenvalue weighted by Crippen LogP contribution is -2.21. The molecule has 0 aliphatic heterocycles. The van der Waals surface area contributed by atoms with E-state index in [0.717, 1.165) is 12.5 Å². The SMILES string of the molecule is CCNC(CCCC(C)C)c1ccn(C)n1. The van der Waals surface area contributed by atoms with E-state index < -0.39 is 0 Å². The molecule has 0 radical (unpaired) electrons.